The number of aromatic nitrogens is 3. The highest BCUT2D eigenvalue weighted by Gasteiger charge is 2.38. The van der Waals surface area contributed by atoms with E-state index in [1.165, 1.54) is 0 Å². The Morgan fingerprint density at radius 3 is 2.42 bits per heavy atom. The van der Waals surface area contributed by atoms with Gasteiger partial charge in [0.05, 0.1) is 18.8 Å². The molecule has 0 bridgehead atoms. The predicted molar refractivity (Wildman–Crippen MR) is 170 cm³/mol. The maximum Gasteiger partial charge on any atom is 0.303 e. The molecule has 1 aliphatic rings. The fraction of sp³-hybridized carbons (Fsp3) is 0.353. The van der Waals surface area contributed by atoms with Crippen molar-refractivity contribution in [2.45, 2.75) is 63.0 Å². The molecule has 3 aromatic carbocycles. The Hall–Kier alpha value is -4.03. The molecule has 3 N–H and O–H groups in total. The zero-order chi connectivity index (χ0) is 31.8. The van der Waals surface area contributed by atoms with Crippen LogP contribution in [0.1, 0.15) is 60.8 Å². The van der Waals surface area contributed by atoms with E-state index in [1.54, 1.807) is 18.1 Å². The number of thioether (sulfide) groups is 1. The Morgan fingerprint density at radius 2 is 1.71 bits per heavy atom. The third-order valence-electron chi connectivity index (χ3n) is 7.87. The molecule has 1 amide bonds. The van der Waals surface area contributed by atoms with Crippen LogP contribution >= 0.6 is 11.8 Å². The van der Waals surface area contributed by atoms with Crippen molar-refractivity contribution in [2.75, 3.05) is 5.75 Å². The maximum absolute atomic E-state index is 12.2. The van der Waals surface area contributed by atoms with Gasteiger partial charge >= 0.3 is 5.97 Å². The van der Waals surface area contributed by atoms with Crippen molar-refractivity contribution in [2.24, 2.45) is 13.0 Å². The summed E-state index contributed by atoms with van der Waals surface area (Å²) in [4.78, 5) is 22.9. The van der Waals surface area contributed by atoms with E-state index in [4.69, 9.17) is 14.6 Å². The van der Waals surface area contributed by atoms with Crippen LogP contribution in [0, 0.1) is 5.92 Å². The molecule has 0 spiro atoms. The summed E-state index contributed by atoms with van der Waals surface area (Å²) in [6, 6.07) is 23.9. The van der Waals surface area contributed by atoms with Crippen molar-refractivity contribution >= 4 is 23.6 Å². The van der Waals surface area contributed by atoms with Crippen molar-refractivity contribution in [3.8, 4) is 11.1 Å². The molecule has 1 saturated heterocycles. The number of hydrogen-bond acceptors (Lipinski definition) is 8. The van der Waals surface area contributed by atoms with Crippen molar-refractivity contribution < 1.29 is 29.3 Å². The third kappa shape index (κ3) is 8.58. The number of amides is 1. The highest BCUT2D eigenvalue weighted by molar-refractivity contribution is 7.99. The zero-order valence-electron chi connectivity index (χ0n) is 25.3. The fourth-order valence-electron chi connectivity index (χ4n) is 5.28. The van der Waals surface area contributed by atoms with Crippen LogP contribution in [0.25, 0.3) is 11.1 Å². The van der Waals surface area contributed by atoms with E-state index >= 15 is 0 Å². The first-order valence-electron chi connectivity index (χ1n) is 15.0. The number of carbonyl (C=O) groups is 2. The number of hydrogen-bond donors (Lipinski definition) is 3. The lowest BCUT2D eigenvalue weighted by Gasteiger charge is -2.41. The van der Waals surface area contributed by atoms with Gasteiger partial charge in [0, 0.05) is 43.7 Å². The molecule has 5 rings (SSSR count). The molecule has 1 aromatic heterocycles. The molecular weight excluding hydrogens is 592 g/mol. The van der Waals surface area contributed by atoms with E-state index in [-0.39, 0.29) is 43.5 Å². The third-order valence-corrected chi connectivity index (χ3v) is 9.00. The number of nitrogens with one attached hydrogen (secondary N) is 1. The molecule has 1 aliphatic heterocycles. The van der Waals surface area contributed by atoms with E-state index < -0.39 is 12.3 Å². The van der Waals surface area contributed by atoms with E-state index in [9.17, 15) is 14.7 Å². The predicted octanol–water partition coefficient (Wildman–Crippen LogP) is 5.43. The van der Waals surface area contributed by atoms with E-state index in [0.717, 1.165) is 38.5 Å². The first-order chi connectivity index (χ1) is 21.8. The molecule has 2 heterocycles. The monoisotopic (exact) mass is 630 g/mol. The summed E-state index contributed by atoms with van der Waals surface area (Å²) in [7, 11) is 1.92. The molecule has 4 aromatic rings. The van der Waals surface area contributed by atoms with Gasteiger partial charge in [-0.25, -0.2) is 0 Å². The van der Waals surface area contributed by atoms with E-state index in [2.05, 4.69) is 28.5 Å². The second kappa shape index (κ2) is 15.3. The Kier molecular flexibility index (Phi) is 11.0. The molecule has 10 nitrogen and oxygen atoms in total. The summed E-state index contributed by atoms with van der Waals surface area (Å²) in [6.45, 7) is 2.47. The Morgan fingerprint density at radius 1 is 0.956 bits per heavy atom. The van der Waals surface area contributed by atoms with Crippen LogP contribution in [0.3, 0.4) is 0 Å². The molecular formula is C34H38N4O6S. The lowest BCUT2D eigenvalue weighted by atomic mass is 9.91. The van der Waals surface area contributed by atoms with Gasteiger partial charge in [0.25, 0.3) is 0 Å². The van der Waals surface area contributed by atoms with Gasteiger partial charge < -0.3 is 29.6 Å². The number of aliphatic carboxylic acids is 1. The van der Waals surface area contributed by atoms with Crippen molar-refractivity contribution in [3.05, 3.63) is 101 Å². The van der Waals surface area contributed by atoms with E-state index in [1.807, 2.05) is 78.3 Å². The molecule has 45 heavy (non-hydrogen) atoms. The summed E-state index contributed by atoms with van der Waals surface area (Å²) >= 11 is 1.60. The first kappa shape index (κ1) is 32.4. The lowest BCUT2D eigenvalue weighted by Crippen LogP contribution is -2.38. The van der Waals surface area contributed by atoms with Gasteiger partial charge in [-0.3, -0.25) is 9.59 Å². The highest BCUT2D eigenvalue weighted by atomic mass is 32.2. The number of carboxylic acids is 1. The number of carbonyl (C=O) groups excluding carboxylic acids is 1. The van der Waals surface area contributed by atoms with Crippen molar-refractivity contribution in [3.63, 3.8) is 0 Å². The number of aryl methyl sites for hydroxylation is 1. The number of rotatable bonds is 13. The van der Waals surface area contributed by atoms with Crippen LogP contribution in [0.15, 0.2) is 84.3 Å². The minimum absolute atomic E-state index is 0.0167. The largest absolute Gasteiger partial charge is 0.481 e. The van der Waals surface area contributed by atoms with Gasteiger partial charge in [0.2, 0.25) is 5.91 Å². The molecule has 11 heteroatoms. The van der Waals surface area contributed by atoms with Crippen LogP contribution < -0.4 is 5.32 Å². The summed E-state index contributed by atoms with van der Waals surface area (Å²) in [5.41, 5.74) is 5.68. The van der Waals surface area contributed by atoms with Gasteiger partial charge in [-0.1, -0.05) is 79.3 Å². The molecule has 0 saturated carbocycles. The van der Waals surface area contributed by atoms with Gasteiger partial charge in [0.15, 0.2) is 11.4 Å². The molecule has 0 unspecified atom stereocenters. The number of ether oxygens (including phenoxy) is 2. The summed E-state index contributed by atoms with van der Waals surface area (Å²) < 4.78 is 15.2. The smallest absolute Gasteiger partial charge is 0.303 e. The second-order valence-electron chi connectivity index (χ2n) is 11.2. The minimum Gasteiger partial charge on any atom is -0.481 e. The standard InChI is InChI=1S/C34H38N4O6S/c1-22-29(20-45-34-37-36-21-38(34)2)43-33(44-32(22)25-14-12-23(19-39)13-15-25)28-9-4-8-27(17-28)26-7-3-6-24(16-26)18-35-30(40)10-5-11-31(41)42/h3-4,6-9,12-17,21-22,29,32-33,39H,5,10-11,18-20H2,1-2H3,(H,35,40)(H,41,42)/t22-,29+,32+,33+/m0/s1. The van der Waals surface area contributed by atoms with Gasteiger partial charge in [-0.05, 0) is 46.4 Å². The van der Waals surface area contributed by atoms with Crippen LogP contribution in [-0.2, 0) is 39.3 Å². The Bertz CT molecular complexity index is 1590. The normalized spacial score (nSPS) is 19.7. The molecule has 0 aliphatic carbocycles. The van der Waals surface area contributed by atoms with Gasteiger partial charge in [0.1, 0.15) is 6.33 Å². The number of nitrogens with zero attached hydrogens (tertiary/aromatic N) is 3. The maximum atomic E-state index is 12.2. The molecule has 4 atom stereocenters. The van der Waals surface area contributed by atoms with E-state index in [0.29, 0.717) is 18.7 Å². The zero-order valence-corrected chi connectivity index (χ0v) is 26.2. The number of aliphatic hydroxyl groups is 1. The fourth-order valence-corrected chi connectivity index (χ4v) is 6.34. The first-order valence-corrected chi connectivity index (χ1v) is 15.9. The topological polar surface area (TPSA) is 136 Å². The minimum atomic E-state index is -0.903. The van der Waals surface area contributed by atoms with Crippen molar-refractivity contribution in [1.29, 1.82) is 0 Å². The van der Waals surface area contributed by atoms with Gasteiger partial charge in [-0.15, -0.1) is 10.2 Å². The lowest BCUT2D eigenvalue weighted by molar-refractivity contribution is -0.268. The summed E-state index contributed by atoms with van der Waals surface area (Å²) in [5, 5.41) is 30.2. The van der Waals surface area contributed by atoms with Crippen molar-refractivity contribution in [1.82, 2.24) is 20.1 Å². The van der Waals surface area contributed by atoms with Gasteiger partial charge in [-0.2, -0.15) is 0 Å². The summed E-state index contributed by atoms with van der Waals surface area (Å²) in [5.74, 6) is -0.360. The highest BCUT2D eigenvalue weighted by Crippen LogP contribution is 2.43. The average Bonchev–Trinajstić information content (AvgIpc) is 3.47. The molecule has 1 fully saturated rings. The van der Waals surface area contributed by atoms with Crippen LogP contribution in [0.5, 0.6) is 0 Å². The second-order valence-corrected chi connectivity index (χ2v) is 12.2. The molecule has 236 valence electrons. The van der Waals surface area contributed by atoms with Crippen LogP contribution in [-0.4, -0.2) is 48.7 Å². The Labute approximate surface area is 266 Å². The number of benzene rings is 3. The number of aliphatic hydroxyl groups excluding tert-OH is 1. The summed E-state index contributed by atoms with van der Waals surface area (Å²) in [6.07, 6.45) is 1.17. The SMILES string of the molecule is C[C@H]1[C@@H](CSc2nncn2C)O[C@@H](c2cccc(-c3cccc(CNC(=O)CCCC(=O)O)c3)c2)O[C@H]1c1ccc(CO)cc1. The van der Waals surface area contributed by atoms with Crippen LogP contribution in [0.2, 0.25) is 0 Å². The van der Waals surface area contributed by atoms with Crippen LogP contribution in [0.4, 0.5) is 0 Å². The quantitative estimate of drug-likeness (QED) is 0.165. The Balaban J connectivity index is 1.33. The average molecular weight is 631 g/mol. The number of carboxylic acid groups (broad SMARTS) is 1. The molecule has 0 radical (unpaired) electrons.